The van der Waals surface area contributed by atoms with Crippen molar-refractivity contribution in [2.24, 2.45) is 13.0 Å². The molecular formula is C40H43F3N8O6S. The maximum atomic E-state index is 14.1. The number of hydrogen-bond acceptors (Lipinski definition) is 8. The minimum atomic E-state index is -4.67. The summed E-state index contributed by atoms with van der Waals surface area (Å²) in [7, 11) is 3.25. The molecule has 18 heteroatoms. The summed E-state index contributed by atoms with van der Waals surface area (Å²) in [4.78, 5) is 42.9. The van der Waals surface area contributed by atoms with Crippen molar-refractivity contribution < 1.29 is 40.2 Å². The predicted octanol–water partition coefficient (Wildman–Crippen LogP) is 4.57. The Kier molecular flexibility index (Phi) is 12.8. The Morgan fingerprint density at radius 3 is 2.22 bits per heavy atom. The van der Waals surface area contributed by atoms with Crippen LogP contribution in [0.1, 0.15) is 41.3 Å². The van der Waals surface area contributed by atoms with Gasteiger partial charge in [-0.05, 0) is 73.5 Å². The fourth-order valence-electron chi connectivity index (χ4n) is 6.80. The number of hydrogen-bond donors (Lipinski definition) is 1. The molecule has 1 N–H and O–H groups in total. The van der Waals surface area contributed by atoms with Crippen molar-refractivity contribution in [2.75, 3.05) is 40.8 Å². The van der Waals surface area contributed by atoms with Gasteiger partial charge in [0.1, 0.15) is 27.4 Å². The summed E-state index contributed by atoms with van der Waals surface area (Å²) >= 11 is 0. The Morgan fingerprint density at radius 1 is 1.02 bits per heavy atom. The molecule has 1 aliphatic heterocycles. The highest BCUT2D eigenvalue weighted by Gasteiger charge is 2.34. The predicted molar refractivity (Wildman–Crippen MR) is 207 cm³/mol. The largest absolute Gasteiger partial charge is 0.744 e. The minimum absolute atomic E-state index is 0.0627. The van der Waals surface area contributed by atoms with Gasteiger partial charge in [0.15, 0.2) is 0 Å². The lowest BCUT2D eigenvalue weighted by atomic mass is 9.95. The molecule has 2 amide bonds. The van der Waals surface area contributed by atoms with Crippen molar-refractivity contribution in [3.05, 3.63) is 118 Å². The number of piperidine rings is 1. The first-order valence-corrected chi connectivity index (χ1v) is 19.6. The number of benzene rings is 3. The standard InChI is InChI=1S/C34H37F3N8O3.C6H6O3S/c1-22(32(47)41(2)21-24-14-17-45(4,5)18-15-24)40-31(46)29-30(28-13-16-39-43(28)26-11-9-23(20-38)10-12-26)42(3)44(33(29)48)27-8-6-7-25(19-27)34(35,36)37;7-10(8,9)6-4-2-1-3-5-6/h6-13,16,19,22,24H,14-15,17-18,21H2,1-5H3;1-5H,(H,7,8,9)/t22-;/m0./s1. The second-order valence-corrected chi connectivity index (χ2v) is 16.1. The number of quaternary nitrogens is 1. The highest BCUT2D eigenvalue weighted by Crippen LogP contribution is 2.31. The molecule has 58 heavy (non-hydrogen) atoms. The second kappa shape index (κ2) is 17.2. The van der Waals surface area contributed by atoms with Crippen LogP contribution in [0.15, 0.2) is 101 Å². The molecule has 0 bridgehead atoms. The van der Waals surface area contributed by atoms with E-state index in [1.807, 2.05) is 6.07 Å². The van der Waals surface area contributed by atoms with E-state index in [9.17, 15) is 45.8 Å². The van der Waals surface area contributed by atoms with E-state index in [0.29, 0.717) is 23.7 Å². The van der Waals surface area contributed by atoms with E-state index in [4.69, 9.17) is 0 Å². The molecule has 5 aromatic rings. The Hall–Kier alpha value is -6.03. The van der Waals surface area contributed by atoms with Gasteiger partial charge in [0.2, 0.25) is 5.91 Å². The number of rotatable bonds is 9. The first-order chi connectivity index (χ1) is 27.2. The van der Waals surface area contributed by atoms with Crippen LogP contribution >= 0.6 is 0 Å². The average molecular weight is 821 g/mol. The number of likely N-dealkylation sites (tertiary alicyclic amines) is 1. The van der Waals surface area contributed by atoms with Gasteiger partial charge in [0.25, 0.3) is 11.5 Å². The molecule has 1 saturated heterocycles. The van der Waals surface area contributed by atoms with Crippen LogP contribution in [0.4, 0.5) is 13.2 Å². The topological polar surface area (TPSA) is 175 Å². The van der Waals surface area contributed by atoms with Crippen LogP contribution in [0, 0.1) is 17.2 Å². The van der Waals surface area contributed by atoms with Gasteiger partial charge < -0.3 is 19.3 Å². The van der Waals surface area contributed by atoms with E-state index in [1.54, 1.807) is 48.3 Å². The fraction of sp³-hybridized carbons (Fsp3) is 0.325. The van der Waals surface area contributed by atoms with Crippen molar-refractivity contribution in [3.8, 4) is 28.8 Å². The Bertz CT molecular complexity index is 2480. The molecule has 0 saturated carbocycles. The summed E-state index contributed by atoms with van der Waals surface area (Å²) < 4.78 is 76.5. The van der Waals surface area contributed by atoms with E-state index in [2.05, 4.69) is 24.5 Å². The highest BCUT2D eigenvalue weighted by molar-refractivity contribution is 7.85. The van der Waals surface area contributed by atoms with Crippen molar-refractivity contribution in [1.29, 1.82) is 5.26 Å². The molecule has 1 fully saturated rings. The van der Waals surface area contributed by atoms with E-state index in [0.717, 1.165) is 47.2 Å². The van der Waals surface area contributed by atoms with Crippen LogP contribution in [0.25, 0.3) is 22.8 Å². The van der Waals surface area contributed by atoms with Crippen molar-refractivity contribution in [3.63, 3.8) is 0 Å². The minimum Gasteiger partial charge on any atom is -0.744 e. The SMILES string of the molecule is C[C@H](NC(=O)c1c(-c2ccnn2-c2ccc(C#N)cc2)n(C)n(-c2cccc(C(F)(F)F)c2)c1=O)C(=O)N(C)CC1CC[N+](C)(C)CC1.O=S(=O)([O-])c1ccccc1. The third-order valence-electron chi connectivity index (χ3n) is 9.98. The number of carbonyl (C=O) groups excluding carboxylic acids is 2. The smallest absolute Gasteiger partial charge is 0.416 e. The Balaban J connectivity index is 0.000000559. The number of nitrogens with one attached hydrogen (secondary N) is 1. The molecule has 0 radical (unpaired) electrons. The van der Waals surface area contributed by atoms with E-state index in [1.165, 1.54) is 65.9 Å². The molecule has 306 valence electrons. The van der Waals surface area contributed by atoms with Crippen molar-refractivity contribution in [1.82, 2.24) is 29.4 Å². The lowest BCUT2D eigenvalue weighted by Crippen LogP contribution is -2.50. The summed E-state index contributed by atoms with van der Waals surface area (Å²) in [5, 5.41) is 16.3. The maximum absolute atomic E-state index is 14.1. The second-order valence-electron chi connectivity index (χ2n) is 14.7. The first-order valence-electron chi connectivity index (χ1n) is 18.1. The van der Waals surface area contributed by atoms with Crippen LogP contribution in [-0.2, 0) is 28.1 Å². The Labute approximate surface area is 333 Å². The maximum Gasteiger partial charge on any atom is 0.416 e. The highest BCUT2D eigenvalue weighted by atomic mass is 32.2. The zero-order chi connectivity index (χ0) is 42.6. The van der Waals surface area contributed by atoms with Crippen LogP contribution in [0.2, 0.25) is 0 Å². The lowest BCUT2D eigenvalue weighted by Gasteiger charge is -2.38. The molecule has 2 aromatic heterocycles. The molecular weight excluding hydrogens is 778 g/mol. The van der Waals surface area contributed by atoms with Crippen molar-refractivity contribution in [2.45, 2.75) is 36.9 Å². The average Bonchev–Trinajstić information content (AvgIpc) is 3.76. The fourth-order valence-corrected chi connectivity index (χ4v) is 7.29. The zero-order valence-corrected chi connectivity index (χ0v) is 33.3. The van der Waals surface area contributed by atoms with Gasteiger partial charge in [0.05, 0.1) is 72.5 Å². The van der Waals surface area contributed by atoms with Gasteiger partial charge in [0, 0.05) is 33.5 Å². The molecule has 3 heterocycles. The molecule has 1 atom stereocenters. The molecule has 14 nitrogen and oxygen atoms in total. The van der Waals surface area contributed by atoms with Gasteiger partial charge in [-0.1, -0.05) is 24.3 Å². The third-order valence-corrected chi connectivity index (χ3v) is 10.8. The van der Waals surface area contributed by atoms with Crippen LogP contribution in [-0.4, -0.2) is 100 Å². The van der Waals surface area contributed by atoms with Crippen LogP contribution in [0.5, 0.6) is 0 Å². The number of carbonyl (C=O) groups is 2. The quantitative estimate of drug-likeness (QED) is 0.166. The molecule has 0 spiro atoms. The molecule has 0 unspecified atom stereocenters. The number of nitrogens with zero attached hydrogens (tertiary/aromatic N) is 7. The molecule has 1 aliphatic rings. The Morgan fingerprint density at radius 2 is 1.66 bits per heavy atom. The molecule has 0 aliphatic carbocycles. The summed E-state index contributed by atoms with van der Waals surface area (Å²) in [5.74, 6) is -0.869. The molecule has 3 aromatic carbocycles. The van der Waals surface area contributed by atoms with Gasteiger partial charge in [-0.25, -0.2) is 17.8 Å². The van der Waals surface area contributed by atoms with Crippen molar-refractivity contribution >= 4 is 21.9 Å². The number of nitriles is 1. The number of alkyl halides is 3. The van der Waals surface area contributed by atoms with E-state index >= 15 is 0 Å². The van der Waals surface area contributed by atoms with E-state index in [-0.39, 0.29) is 33.4 Å². The monoisotopic (exact) mass is 820 g/mol. The van der Waals surface area contributed by atoms with Crippen LogP contribution in [0.3, 0.4) is 0 Å². The number of likely N-dealkylation sites (N-methyl/N-ethyl adjacent to an activating group) is 1. The van der Waals surface area contributed by atoms with Crippen LogP contribution < -0.4 is 10.9 Å². The number of aromatic nitrogens is 4. The number of amides is 2. The summed E-state index contributed by atoms with van der Waals surface area (Å²) in [6.07, 6.45) is -1.27. The third kappa shape index (κ3) is 9.91. The number of halogens is 3. The summed E-state index contributed by atoms with van der Waals surface area (Å²) in [6, 6.07) is 20.5. The van der Waals surface area contributed by atoms with Gasteiger partial charge >= 0.3 is 6.18 Å². The van der Waals surface area contributed by atoms with E-state index < -0.39 is 39.4 Å². The summed E-state index contributed by atoms with van der Waals surface area (Å²) in [6.45, 7) is 4.08. The lowest BCUT2D eigenvalue weighted by molar-refractivity contribution is -0.896. The zero-order valence-electron chi connectivity index (χ0n) is 32.5. The first kappa shape index (κ1) is 43.1. The van der Waals surface area contributed by atoms with Gasteiger partial charge in [-0.2, -0.15) is 23.5 Å². The van der Waals surface area contributed by atoms with Gasteiger partial charge in [-0.15, -0.1) is 0 Å². The van der Waals surface area contributed by atoms with Gasteiger partial charge in [-0.3, -0.25) is 19.1 Å². The summed E-state index contributed by atoms with van der Waals surface area (Å²) in [5.41, 5.74) is -1.07. The normalized spacial score (nSPS) is 14.8. The molecule has 6 rings (SSSR count).